The maximum absolute atomic E-state index is 14.0. The molecule has 1 aliphatic heterocycles. The molecule has 186 valence electrons. The van der Waals surface area contributed by atoms with Crippen LogP contribution in [0.2, 0.25) is 5.02 Å². The fourth-order valence-corrected chi connectivity index (χ4v) is 4.24. The number of cyclic esters (lactones) is 1. The van der Waals surface area contributed by atoms with Crippen molar-refractivity contribution in [1.29, 1.82) is 0 Å². The summed E-state index contributed by atoms with van der Waals surface area (Å²) in [5.74, 6) is -1.61. The zero-order valence-electron chi connectivity index (χ0n) is 19.5. The Kier molecular flexibility index (Phi) is 7.85. The van der Waals surface area contributed by atoms with Gasteiger partial charge in [0.2, 0.25) is 5.91 Å². The third-order valence-electron chi connectivity index (χ3n) is 5.74. The highest BCUT2D eigenvalue weighted by Gasteiger charge is 2.47. The molecule has 4 rings (SSSR count). The van der Waals surface area contributed by atoms with Crippen molar-refractivity contribution in [2.24, 2.45) is 0 Å². The molecule has 2 atom stereocenters. The molecule has 0 radical (unpaired) electrons. The van der Waals surface area contributed by atoms with Crippen LogP contribution < -0.4 is 10.6 Å². The van der Waals surface area contributed by atoms with Gasteiger partial charge < -0.3 is 15.4 Å². The number of hydrogen-bond acceptors (Lipinski definition) is 4. The molecule has 0 spiro atoms. The number of amides is 3. The summed E-state index contributed by atoms with van der Waals surface area (Å²) in [6, 6.07) is 18.4. The Hall–Kier alpha value is -3.91. The van der Waals surface area contributed by atoms with Gasteiger partial charge in [-0.2, -0.15) is 0 Å². The first-order valence-electron chi connectivity index (χ1n) is 11.5. The summed E-state index contributed by atoms with van der Waals surface area (Å²) >= 11 is 6.10. The van der Waals surface area contributed by atoms with Gasteiger partial charge in [-0.1, -0.05) is 54.9 Å². The minimum Gasteiger partial charge on any atom is -0.438 e. The maximum atomic E-state index is 14.0. The fourth-order valence-electron chi connectivity index (χ4n) is 4.03. The second-order valence-electron chi connectivity index (χ2n) is 8.36. The molecule has 9 heteroatoms. The van der Waals surface area contributed by atoms with Crippen LogP contribution >= 0.6 is 11.6 Å². The smallest absolute Gasteiger partial charge is 0.411 e. The summed E-state index contributed by atoms with van der Waals surface area (Å²) in [5, 5.41) is 6.02. The number of nitrogens with zero attached hydrogens (tertiary/aromatic N) is 1. The van der Waals surface area contributed by atoms with Crippen LogP contribution in [0.5, 0.6) is 0 Å². The SMILES string of the molecule is CCCNC(=O)[C@@H]1[C@H](c2cccc(NC(=O)c3ccccc3F)c2)OC(=O)N1Cc1cccc(Cl)c1. The van der Waals surface area contributed by atoms with Crippen molar-refractivity contribution >= 4 is 35.2 Å². The van der Waals surface area contributed by atoms with Crippen molar-refractivity contribution in [2.45, 2.75) is 32.0 Å². The number of anilines is 1. The quantitative estimate of drug-likeness (QED) is 0.430. The van der Waals surface area contributed by atoms with E-state index < -0.39 is 30.0 Å². The average Bonchev–Trinajstić information content (AvgIpc) is 3.19. The standard InChI is InChI=1S/C27H25ClFN3O4/c1-2-13-30-26(34)23-24(36-27(35)32(23)16-17-7-5-9-19(28)14-17)18-8-6-10-20(15-18)31-25(33)21-11-3-4-12-22(21)29/h3-12,14-15,23-24H,2,13,16H2,1H3,(H,30,34)(H,31,33)/t23-,24-/m0/s1. The minimum absolute atomic E-state index is 0.0975. The van der Waals surface area contributed by atoms with Gasteiger partial charge in [0, 0.05) is 17.3 Å². The number of carbonyl (C=O) groups excluding carboxylic acids is 3. The van der Waals surface area contributed by atoms with Crippen molar-refractivity contribution in [2.75, 3.05) is 11.9 Å². The van der Waals surface area contributed by atoms with Crippen LogP contribution in [0.3, 0.4) is 0 Å². The van der Waals surface area contributed by atoms with E-state index in [9.17, 15) is 18.8 Å². The average molecular weight is 510 g/mol. The normalized spacial score (nSPS) is 17.0. The fraction of sp³-hybridized carbons (Fsp3) is 0.222. The largest absolute Gasteiger partial charge is 0.438 e. The van der Waals surface area contributed by atoms with E-state index in [-0.39, 0.29) is 18.0 Å². The topological polar surface area (TPSA) is 87.7 Å². The number of nitrogens with one attached hydrogen (secondary N) is 2. The summed E-state index contributed by atoms with van der Waals surface area (Å²) in [7, 11) is 0. The first-order chi connectivity index (χ1) is 17.4. The van der Waals surface area contributed by atoms with Gasteiger partial charge in [-0.25, -0.2) is 9.18 Å². The molecule has 1 aliphatic rings. The summed E-state index contributed by atoms with van der Waals surface area (Å²) in [6.07, 6.45) is -0.833. The van der Waals surface area contributed by atoms with Crippen molar-refractivity contribution in [3.63, 3.8) is 0 Å². The van der Waals surface area contributed by atoms with Gasteiger partial charge in [0.1, 0.15) is 5.82 Å². The van der Waals surface area contributed by atoms with Crippen molar-refractivity contribution in [3.8, 4) is 0 Å². The molecule has 3 aromatic rings. The van der Waals surface area contributed by atoms with Crippen molar-refractivity contribution in [1.82, 2.24) is 10.2 Å². The Balaban J connectivity index is 1.61. The first-order valence-corrected chi connectivity index (χ1v) is 11.9. The molecule has 1 heterocycles. The number of halogens is 2. The van der Waals surface area contributed by atoms with Gasteiger partial charge >= 0.3 is 6.09 Å². The highest BCUT2D eigenvalue weighted by molar-refractivity contribution is 6.30. The highest BCUT2D eigenvalue weighted by Crippen LogP contribution is 2.35. The van der Waals surface area contributed by atoms with E-state index in [4.69, 9.17) is 16.3 Å². The predicted octanol–water partition coefficient (Wildman–Crippen LogP) is 5.32. The van der Waals surface area contributed by atoms with E-state index in [0.29, 0.717) is 22.8 Å². The van der Waals surface area contributed by atoms with Crippen LogP contribution in [0.4, 0.5) is 14.9 Å². The van der Waals surface area contributed by atoms with Gasteiger partial charge in [-0.05, 0) is 53.9 Å². The number of carbonyl (C=O) groups is 3. The van der Waals surface area contributed by atoms with Gasteiger partial charge in [0.25, 0.3) is 5.91 Å². The lowest BCUT2D eigenvalue weighted by Crippen LogP contribution is -2.46. The summed E-state index contributed by atoms with van der Waals surface area (Å²) in [6.45, 7) is 2.50. The molecular formula is C27H25ClFN3O4. The molecule has 0 unspecified atom stereocenters. The van der Waals surface area contributed by atoms with Crippen LogP contribution in [0, 0.1) is 5.82 Å². The van der Waals surface area contributed by atoms with E-state index in [2.05, 4.69) is 10.6 Å². The van der Waals surface area contributed by atoms with E-state index in [1.807, 2.05) is 13.0 Å². The number of ether oxygens (including phenoxy) is 1. The Morgan fingerprint density at radius 1 is 1.06 bits per heavy atom. The van der Waals surface area contributed by atoms with Gasteiger partial charge in [0.05, 0.1) is 12.1 Å². The lowest BCUT2D eigenvalue weighted by atomic mass is 10.00. The third kappa shape index (κ3) is 5.66. The number of rotatable bonds is 8. The van der Waals surface area contributed by atoms with Gasteiger partial charge in [0.15, 0.2) is 12.1 Å². The van der Waals surface area contributed by atoms with E-state index in [1.54, 1.807) is 48.5 Å². The second kappa shape index (κ2) is 11.2. The van der Waals surface area contributed by atoms with Crippen LogP contribution in [-0.2, 0) is 16.1 Å². The summed E-state index contributed by atoms with van der Waals surface area (Å²) < 4.78 is 19.7. The Bertz CT molecular complexity index is 1290. The maximum Gasteiger partial charge on any atom is 0.411 e. The molecule has 0 aromatic heterocycles. The molecule has 0 bridgehead atoms. The molecule has 36 heavy (non-hydrogen) atoms. The molecule has 7 nitrogen and oxygen atoms in total. The molecule has 1 saturated heterocycles. The second-order valence-corrected chi connectivity index (χ2v) is 8.79. The predicted molar refractivity (Wildman–Crippen MR) is 134 cm³/mol. The monoisotopic (exact) mass is 509 g/mol. The van der Waals surface area contributed by atoms with Crippen LogP contribution in [0.1, 0.15) is 40.9 Å². The minimum atomic E-state index is -0.944. The zero-order chi connectivity index (χ0) is 25.7. The van der Waals surface area contributed by atoms with Gasteiger partial charge in [-0.3, -0.25) is 14.5 Å². The lowest BCUT2D eigenvalue weighted by molar-refractivity contribution is -0.126. The Morgan fingerprint density at radius 2 is 1.83 bits per heavy atom. The third-order valence-corrected chi connectivity index (χ3v) is 5.97. The van der Waals surface area contributed by atoms with E-state index >= 15 is 0 Å². The zero-order valence-corrected chi connectivity index (χ0v) is 20.3. The van der Waals surface area contributed by atoms with E-state index in [1.165, 1.54) is 23.1 Å². The van der Waals surface area contributed by atoms with Crippen molar-refractivity contribution in [3.05, 3.63) is 100 Å². The molecule has 1 fully saturated rings. The Morgan fingerprint density at radius 3 is 2.58 bits per heavy atom. The highest BCUT2D eigenvalue weighted by atomic mass is 35.5. The molecule has 3 aromatic carbocycles. The molecule has 2 N–H and O–H groups in total. The van der Waals surface area contributed by atoms with E-state index in [0.717, 1.165) is 12.0 Å². The molecule has 0 aliphatic carbocycles. The molecule has 0 saturated carbocycles. The summed E-state index contributed by atoms with van der Waals surface area (Å²) in [5.41, 5.74) is 1.54. The summed E-state index contributed by atoms with van der Waals surface area (Å²) in [4.78, 5) is 40.0. The van der Waals surface area contributed by atoms with Crippen LogP contribution in [0.25, 0.3) is 0 Å². The number of hydrogen-bond donors (Lipinski definition) is 2. The number of benzene rings is 3. The first kappa shape index (κ1) is 25.2. The van der Waals surface area contributed by atoms with Gasteiger partial charge in [-0.15, -0.1) is 0 Å². The molecule has 3 amide bonds. The molecular weight excluding hydrogens is 485 g/mol. The Labute approximate surface area is 213 Å². The van der Waals surface area contributed by atoms with Crippen LogP contribution in [0.15, 0.2) is 72.8 Å². The van der Waals surface area contributed by atoms with Crippen molar-refractivity contribution < 1.29 is 23.5 Å². The van der Waals surface area contributed by atoms with Crippen LogP contribution in [-0.4, -0.2) is 35.4 Å². The lowest BCUT2D eigenvalue weighted by Gasteiger charge is -2.24.